The van der Waals surface area contributed by atoms with Crippen LogP contribution < -0.4 is 4.90 Å². The van der Waals surface area contributed by atoms with Crippen LogP contribution in [-0.2, 0) is 17.1 Å². The van der Waals surface area contributed by atoms with E-state index >= 15 is 0 Å². The first-order valence-electron chi connectivity index (χ1n) is 7.89. The summed E-state index contributed by atoms with van der Waals surface area (Å²) in [7, 11) is -1.48. The summed E-state index contributed by atoms with van der Waals surface area (Å²) in [5.41, 5.74) is 2.02. The van der Waals surface area contributed by atoms with Crippen LogP contribution in [0.15, 0.2) is 40.6 Å². The Hall–Kier alpha value is -1.61. The molecule has 4 rings (SSSR count). The Balaban J connectivity index is 1.54. The van der Waals surface area contributed by atoms with Crippen LogP contribution >= 0.6 is 22.9 Å². The number of halogens is 1. The molecule has 1 saturated heterocycles. The molecule has 25 heavy (non-hydrogen) atoms. The molecular formula is C16H17ClN4O2S2. The lowest BCUT2D eigenvalue weighted by Crippen LogP contribution is -2.49. The first kappa shape index (κ1) is 16.8. The van der Waals surface area contributed by atoms with E-state index in [1.165, 1.54) is 4.31 Å². The van der Waals surface area contributed by atoms with Crippen molar-refractivity contribution < 1.29 is 8.42 Å². The summed E-state index contributed by atoms with van der Waals surface area (Å²) in [6, 6.07) is 11.2. The largest absolute Gasteiger partial charge is 0.340 e. The van der Waals surface area contributed by atoms with Gasteiger partial charge in [0.2, 0.25) is 5.95 Å². The monoisotopic (exact) mass is 396 g/mol. The number of para-hydroxylation sites is 2. The molecule has 2 aromatic heterocycles. The summed E-state index contributed by atoms with van der Waals surface area (Å²) in [5, 5.41) is 0. The van der Waals surface area contributed by atoms with E-state index in [0.29, 0.717) is 34.7 Å². The van der Waals surface area contributed by atoms with E-state index in [4.69, 9.17) is 16.6 Å². The number of nitrogens with zero attached hydrogens (tertiary/aromatic N) is 4. The fourth-order valence-corrected chi connectivity index (χ4v) is 6.17. The van der Waals surface area contributed by atoms with Gasteiger partial charge in [0.25, 0.3) is 10.0 Å². The highest BCUT2D eigenvalue weighted by atomic mass is 35.5. The smallest absolute Gasteiger partial charge is 0.252 e. The zero-order valence-electron chi connectivity index (χ0n) is 13.6. The molecule has 0 amide bonds. The number of aryl methyl sites for hydroxylation is 1. The third-order valence-electron chi connectivity index (χ3n) is 4.43. The van der Waals surface area contributed by atoms with E-state index in [2.05, 4.69) is 9.47 Å². The Labute approximate surface area is 155 Å². The molecule has 0 radical (unpaired) electrons. The van der Waals surface area contributed by atoms with Gasteiger partial charge in [-0.3, -0.25) is 0 Å². The Morgan fingerprint density at radius 3 is 2.44 bits per heavy atom. The standard InChI is InChI=1S/C16H17ClN4O2S2/c1-19-13-5-3-2-4-12(13)18-16(19)20-8-10-21(11-9-20)25(22,23)15-7-6-14(17)24-15/h2-7H,8-11H2,1H3. The molecule has 3 aromatic rings. The van der Waals surface area contributed by atoms with Gasteiger partial charge in [0, 0.05) is 33.2 Å². The van der Waals surface area contributed by atoms with E-state index < -0.39 is 10.0 Å². The maximum Gasteiger partial charge on any atom is 0.252 e. The van der Waals surface area contributed by atoms with Crippen molar-refractivity contribution in [2.45, 2.75) is 4.21 Å². The van der Waals surface area contributed by atoms with Crippen molar-refractivity contribution in [2.75, 3.05) is 31.1 Å². The van der Waals surface area contributed by atoms with Gasteiger partial charge in [-0.25, -0.2) is 13.4 Å². The number of benzene rings is 1. The average molecular weight is 397 g/mol. The molecule has 1 aliphatic rings. The second-order valence-corrected chi connectivity index (χ2v) is 9.79. The number of rotatable bonds is 3. The lowest BCUT2D eigenvalue weighted by molar-refractivity contribution is 0.382. The molecule has 1 aliphatic heterocycles. The molecule has 0 aliphatic carbocycles. The fourth-order valence-electron chi connectivity index (χ4n) is 3.11. The van der Waals surface area contributed by atoms with Crippen molar-refractivity contribution in [3.63, 3.8) is 0 Å². The van der Waals surface area contributed by atoms with Crippen molar-refractivity contribution in [1.82, 2.24) is 13.9 Å². The van der Waals surface area contributed by atoms with Crippen molar-refractivity contribution >= 4 is 49.9 Å². The predicted octanol–water partition coefficient (Wildman–Crippen LogP) is 2.80. The second kappa shape index (κ2) is 6.28. The van der Waals surface area contributed by atoms with Crippen LogP contribution in [0, 0.1) is 0 Å². The van der Waals surface area contributed by atoms with Gasteiger partial charge in [0.05, 0.1) is 15.4 Å². The molecule has 9 heteroatoms. The maximum atomic E-state index is 12.7. The van der Waals surface area contributed by atoms with Crippen LogP contribution in [0.25, 0.3) is 11.0 Å². The van der Waals surface area contributed by atoms with Crippen molar-refractivity contribution in [3.05, 3.63) is 40.7 Å². The number of hydrogen-bond acceptors (Lipinski definition) is 5. The molecule has 6 nitrogen and oxygen atoms in total. The Morgan fingerprint density at radius 2 is 1.80 bits per heavy atom. The van der Waals surface area contributed by atoms with E-state index in [9.17, 15) is 8.42 Å². The molecule has 3 heterocycles. The minimum Gasteiger partial charge on any atom is -0.340 e. The molecule has 0 spiro atoms. The SMILES string of the molecule is Cn1c(N2CCN(S(=O)(=O)c3ccc(Cl)s3)CC2)nc2ccccc21. The first-order valence-corrected chi connectivity index (χ1v) is 10.5. The summed E-state index contributed by atoms with van der Waals surface area (Å²) in [6.07, 6.45) is 0. The van der Waals surface area contributed by atoms with Crippen molar-refractivity contribution in [2.24, 2.45) is 7.05 Å². The van der Waals surface area contributed by atoms with Gasteiger partial charge in [-0.1, -0.05) is 23.7 Å². The third-order valence-corrected chi connectivity index (χ3v) is 8.02. The normalized spacial score (nSPS) is 16.6. The lowest BCUT2D eigenvalue weighted by Gasteiger charge is -2.34. The van der Waals surface area contributed by atoms with Crippen LogP contribution in [-0.4, -0.2) is 48.5 Å². The number of piperazine rings is 1. The molecule has 132 valence electrons. The van der Waals surface area contributed by atoms with Gasteiger partial charge in [0.15, 0.2) is 0 Å². The quantitative estimate of drug-likeness (QED) is 0.683. The summed E-state index contributed by atoms with van der Waals surface area (Å²) >= 11 is 6.98. The Morgan fingerprint density at radius 1 is 1.08 bits per heavy atom. The van der Waals surface area contributed by atoms with E-state index in [1.54, 1.807) is 12.1 Å². The Bertz CT molecular complexity index is 1020. The van der Waals surface area contributed by atoms with E-state index in [-0.39, 0.29) is 0 Å². The molecule has 1 aromatic carbocycles. The van der Waals surface area contributed by atoms with E-state index in [1.807, 2.05) is 31.3 Å². The van der Waals surface area contributed by atoms with Gasteiger partial charge in [0.1, 0.15) is 4.21 Å². The first-order chi connectivity index (χ1) is 12.0. The van der Waals surface area contributed by atoms with Crippen molar-refractivity contribution in [3.8, 4) is 0 Å². The minimum atomic E-state index is -3.47. The van der Waals surface area contributed by atoms with Crippen LogP contribution in [0.4, 0.5) is 5.95 Å². The van der Waals surface area contributed by atoms with Gasteiger partial charge in [-0.2, -0.15) is 4.31 Å². The summed E-state index contributed by atoms with van der Waals surface area (Å²) < 4.78 is 29.7. The maximum absolute atomic E-state index is 12.7. The molecule has 0 unspecified atom stereocenters. The van der Waals surface area contributed by atoms with Crippen LogP contribution in [0.2, 0.25) is 4.34 Å². The molecule has 0 saturated carbocycles. The van der Waals surface area contributed by atoms with Gasteiger partial charge >= 0.3 is 0 Å². The number of hydrogen-bond donors (Lipinski definition) is 0. The Kier molecular flexibility index (Phi) is 4.23. The molecule has 0 bridgehead atoms. The summed E-state index contributed by atoms with van der Waals surface area (Å²) in [5.74, 6) is 0.873. The number of sulfonamides is 1. The summed E-state index contributed by atoms with van der Waals surface area (Å²) in [6.45, 7) is 2.08. The molecule has 1 fully saturated rings. The second-order valence-electron chi connectivity index (χ2n) is 5.91. The fraction of sp³-hybridized carbons (Fsp3) is 0.312. The molecule has 0 N–H and O–H groups in total. The number of anilines is 1. The number of aromatic nitrogens is 2. The third kappa shape index (κ3) is 2.93. The van der Waals surface area contributed by atoms with Crippen LogP contribution in [0.5, 0.6) is 0 Å². The highest BCUT2D eigenvalue weighted by molar-refractivity contribution is 7.91. The minimum absolute atomic E-state index is 0.300. The summed E-state index contributed by atoms with van der Waals surface area (Å²) in [4.78, 5) is 6.82. The average Bonchev–Trinajstić information content (AvgIpc) is 3.20. The van der Waals surface area contributed by atoms with Crippen molar-refractivity contribution in [1.29, 1.82) is 0 Å². The number of imidazole rings is 1. The molecule has 0 atom stereocenters. The van der Waals surface area contributed by atoms with Crippen LogP contribution in [0.3, 0.4) is 0 Å². The lowest BCUT2D eigenvalue weighted by atomic mass is 10.3. The van der Waals surface area contributed by atoms with E-state index in [0.717, 1.165) is 28.3 Å². The zero-order chi connectivity index (χ0) is 17.6. The highest BCUT2D eigenvalue weighted by Gasteiger charge is 2.30. The predicted molar refractivity (Wildman–Crippen MR) is 101 cm³/mol. The van der Waals surface area contributed by atoms with Gasteiger partial charge in [-0.05, 0) is 24.3 Å². The van der Waals surface area contributed by atoms with Crippen LogP contribution in [0.1, 0.15) is 0 Å². The highest BCUT2D eigenvalue weighted by Crippen LogP contribution is 2.29. The zero-order valence-corrected chi connectivity index (χ0v) is 16.0. The number of thiophene rings is 1. The topological polar surface area (TPSA) is 58.4 Å². The number of fused-ring (bicyclic) bond motifs is 1. The molecular weight excluding hydrogens is 380 g/mol. The van der Waals surface area contributed by atoms with Gasteiger partial charge in [-0.15, -0.1) is 11.3 Å². The van der Waals surface area contributed by atoms with Gasteiger partial charge < -0.3 is 9.47 Å².